The van der Waals surface area contributed by atoms with Gasteiger partial charge in [0.05, 0.1) is 11.3 Å². The summed E-state index contributed by atoms with van der Waals surface area (Å²) < 4.78 is 5.56. The Morgan fingerprint density at radius 2 is 1.63 bits per heavy atom. The molecule has 3 aromatic rings. The highest BCUT2D eigenvalue weighted by molar-refractivity contribution is 6.01. The molecule has 0 fully saturated rings. The molecule has 134 valence electrons. The highest BCUT2D eigenvalue weighted by atomic mass is 16.5. The Hall–Kier alpha value is -3.14. The maximum atomic E-state index is 13.3. The molecule has 1 N–H and O–H groups in total. The van der Waals surface area contributed by atoms with Gasteiger partial charge < -0.3 is 9.84 Å². The lowest BCUT2D eigenvalue weighted by Crippen LogP contribution is -2.29. The van der Waals surface area contributed by atoms with E-state index in [1.165, 1.54) is 5.56 Å². The van der Waals surface area contributed by atoms with Crippen LogP contribution >= 0.6 is 0 Å². The number of rotatable bonds is 2. The molecular formula is C23H20N2O2. The van der Waals surface area contributed by atoms with E-state index < -0.39 is 0 Å². The number of aromatic nitrogens is 1. The molecule has 0 saturated carbocycles. The maximum Gasteiger partial charge on any atom is 0.233 e. The van der Waals surface area contributed by atoms with Gasteiger partial charge in [-0.2, -0.15) is 0 Å². The number of nitrogens with one attached hydrogen (secondary N) is 1. The predicted octanol–water partition coefficient (Wildman–Crippen LogP) is 4.94. The molecule has 4 nitrogen and oxygen atoms in total. The topological polar surface area (TPSA) is 55.1 Å². The van der Waals surface area contributed by atoms with Crippen LogP contribution in [0.1, 0.15) is 47.1 Å². The Morgan fingerprint density at radius 3 is 2.33 bits per heavy atom. The molecule has 4 heteroatoms. The SMILES string of the molecule is Cc1noc2c1C(c1ccccc1)C1=C(CC(c3ccccc3)CC1=O)N2. The quantitative estimate of drug-likeness (QED) is 0.706. The number of hydrogen-bond acceptors (Lipinski definition) is 4. The summed E-state index contributed by atoms with van der Waals surface area (Å²) in [5, 5.41) is 7.54. The molecule has 0 spiro atoms. The standard InChI is InChI=1S/C23H20N2O2/c1-14-20-21(16-10-6-3-7-11-16)22-18(24-23(20)27-25-14)12-17(13-19(22)26)15-8-4-2-5-9-15/h2-11,17,21,24H,12-13H2,1H3. The van der Waals surface area contributed by atoms with Gasteiger partial charge in [0.25, 0.3) is 0 Å². The number of carbonyl (C=O) groups excluding carboxylic acids is 1. The normalized spacial score (nSPS) is 21.4. The molecule has 0 radical (unpaired) electrons. The Morgan fingerprint density at radius 1 is 0.963 bits per heavy atom. The molecule has 2 unspecified atom stereocenters. The molecular weight excluding hydrogens is 336 g/mol. The number of anilines is 1. The van der Waals surface area contributed by atoms with Crippen LogP contribution in [0.15, 0.2) is 76.5 Å². The predicted molar refractivity (Wildman–Crippen MR) is 104 cm³/mol. The van der Waals surface area contributed by atoms with Crippen LogP contribution in [-0.2, 0) is 4.79 Å². The van der Waals surface area contributed by atoms with Crippen LogP contribution < -0.4 is 5.32 Å². The number of ketones is 1. The summed E-state index contributed by atoms with van der Waals surface area (Å²) in [5.41, 5.74) is 5.95. The second kappa shape index (κ2) is 6.23. The Bertz CT molecular complexity index is 1030. The lowest BCUT2D eigenvalue weighted by molar-refractivity contribution is -0.116. The van der Waals surface area contributed by atoms with E-state index in [4.69, 9.17) is 4.52 Å². The van der Waals surface area contributed by atoms with Crippen molar-refractivity contribution in [1.82, 2.24) is 5.16 Å². The summed E-state index contributed by atoms with van der Waals surface area (Å²) in [6.45, 7) is 1.94. The van der Waals surface area contributed by atoms with Crippen LogP contribution in [0.5, 0.6) is 0 Å². The Kier molecular flexibility index (Phi) is 3.71. The first-order valence-electron chi connectivity index (χ1n) is 9.31. The fraction of sp³-hybridized carbons (Fsp3) is 0.217. The monoisotopic (exact) mass is 356 g/mol. The van der Waals surface area contributed by atoms with Gasteiger partial charge in [-0.3, -0.25) is 4.79 Å². The van der Waals surface area contributed by atoms with Crippen molar-refractivity contribution in [3.05, 3.63) is 94.3 Å². The van der Waals surface area contributed by atoms with Gasteiger partial charge in [-0.15, -0.1) is 0 Å². The smallest absolute Gasteiger partial charge is 0.233 e. The van der Waals surface area contributed by atoms with E-state index in [0.717, 1.165) is 34.5 Å². The minimum absolute atomic E-state index is 0.118. The lowest BCUT2D eigenvalue weighted by Gasteiger charge is -2.34. The fourth-order valence-electron chi connectivity index (χ4n) is 4.41. The summed E-state index contributed by atoms with van der Waals surface area (Å²) in [4.78, 5) is 13.3. The van der Waals surface area contributed by atoms with E-state index >= 15 is 0 Å². The summed E-state index contributed by atoms with van der Waals surface area (Å²) in [5.74, 6) is 0.944. The van der Waals surface area contributed by atoms with Gasteiger partial charge in [-0.25, -0.2) is 0 Å². The maximum absolute atomic E-state index is 13.3. The minimum atomic E-state index is -0.118. The summed E-state index contributed by atoms with van der Waals surface area (Å²) >= 11 is 0. The number of hydrogen-bond donors (Lipinski definition) is 1. The second-order valence-corrected chi connectivity index (χ2v) is 7.31. The summed E-state index contributed by atoms with van der Waals surface area (Å²) in [6.07, 6.45) is 1.33. The van der Waals surface area contributed by atoms with Gasteiger partial charge in [-0.05, 0) is 30.4 Å². The van der Waals surface area contributed by atoms with Gasteiger partial charge >= 0.3 is 0 Å². The average molecular weight is 356 g/mol. The third-order valence-electron chi connectivity index (χ3n) is 5.66. The van der Waals surface area contributed by atoms with Crippen molar-refractivity contribution in [1.29, 1.82) is 0 Å². The number of aryl methyl sites for hydroxylation is 1. The van der Waals surface area contributed by atoms with Crippen molar-refractivity contribution in [2.45, 2.75) is 31.6 Å². The van der Waals surface area contributed by atoms with Crippen LogP contribution in [0, 0.1) is 6.92 Å². The first-order chi connectivity index (χ1) is 13.2. The molecule has 2 atom stereocenters. The van der Waals surface area contributed by atoms with Gasteiger partial charge in [0.15, 0.2) is 5.78 Å². The molecule has 1 aliphatic carbocycles. The Balaban J connectivity index is 1.63. The summed E-state index contributed by atoms with van der Waals surface area (Å²) in [6, 6.07) is 20.4. The summed E-state index contributed by atoms with van der Waals surface area (Å²) in [7, 11) is 0. The number of allylic oxidation sites excluding steroid dienone is 2. The van der Waals surface area contributed by atoms with Crippen LogP contribution in [0.4, 0.5) is 5.88 Å². The van der Waals surface area contributed by atoms with Crippen molar-refractivity contribution < 1.29 is 9.32 Å². The van der Waals surface area contributed by atoms with Crippen molar-refractivity contribution in [2.24, 2.45) is 0 Å². The molecule has 5 rings (SSSR count). The molecule has 0 amide bonds. The van der Waals surface area contributed by atoms with Crippen LogP contribution in [-0.4, -0.2) is 10.9 Å². The number of benzene rings is 2. The average Bonchev–Trinajstić information content (AvgIpc) is 3.08. The molecule has 1 aliphatic heterocycles. The number of Topliss-reactive ketones (excluding diaryl/α,β-unsaturated/α-hetero) is 1. The highest BCUT2D eigenvalue weighted by Crippen LogP contribution is 2.48. The van der Waals surface area contributed by atoms with E-state index in [-0.39, 0.29) is 17.6 Å². The van der Waals surface area contributed by atoms with Crippen molar-refractivity contribution >= 4 is 11.7 Å². The molecule has 2 aromatic carbocycles. The zero-order valence-corrected chi connectivity index (χ0v) is 15.1. The molecule has 1 aromatic heterocycles. The number of carbonyl (C=O) groups is 1. The van der Waals surface area contributed by atoms with Crippen LogP contribution in [0.2, 0.25) is 0 Å². The van der Waals surface area contributed by atoms with Gasteiger partial charge in [0, 0.05) is 23.6 Å². The first-order valence-corrected chi connectivity index (χ1v) is 9.31. The zero-order chi connectivity index (χ0) is 18.4. The van der Waals surface area contributed by atoms with Crippen molar-refractivity contribution in [3.8, 4) is 0 Å². The van der Waals surface area contributed by atoms with Gasteiger partial charge in [-0.1, -0.05) is 65.8 Å². The highest BCUT2D eigenvalue weighted by Gasteiger charge is 2.40. The van der Waals surface area contributed by atoms with Gasteiger partial charge in [0.2, 0.25) is 5.88 Å². The van der Waals surface area contributed by atoms with Gasteiger partial charge in [0.1, 0.15) is 0 Å². The lowest BCUT2D eigenvalue weighted by atomic mass is 9.72. The molecule has 0 saturated heterocycles. The van der Waals surface area contributed by atoms with E-state index in [1.54, 1.807) is 0 Å². The molecule has 2 heterocycles. The third kappa shape index (κ3) is 2.60. The second-order valence-electron chi connectivity index (χ2n) is 7.31. The third-order valence-corrected chi connectivity index (χ3v) is 5.66. The molecule has 2 aliphatic rings. The van der Waals surface area contributed by atoms with E-state index in [1.807, 2.05) is 43.3 Å². The zero-order valence-electron chi connectivity index (χ0n) is 15.1. The van der Waals surface area contributed by atoms with Crippen molar-refractivity contribution in [3.63, 3.8) is 0 Å². The number of nitrogens with zero attached hydrogens (tertiary/aromatic N) is 1. The molecule has 27 heavy (non-hydrogen) atoms. The largest absolute Gasteiger partial charge is 0.338 e. The van der Waals surface area contributed by atoms with E-state index in [2.05, 4.69) is 34.7 Å². The van der Waals surface area contributed by atoms with Crippen LogP contribution in [0.25, 0.3) is 0 Å². The van der Waals surface area contributed by atoms with E-state index in [9.17, 15) is 4.79 Å². The molecule has 0 bridgehead atoms. The first kappa shape index (κ1) is 16.1. The minimum Gasteiger partial charge on any atom is -0.338 e. The fourth-order valence-corrected chi connectivity index (χ4v) is 4.41. The van der Waals surface area contributed by atoms with Crippen molar-refractivity contribution in [2.75, 3.05) is 5.32 Å². The van der Waals surface area contributed by atoms with E-state index in [0.29, 0.717) is 12.3 Å². The Labute approximate surface area is 157 Å². The van der Waals surface area contributed by atoms with Crippen LogP contribution in [0.3, 0.4) is 0 Å². The number of fused-ring (bicyclic) bond motifs is 1.